The Morgan fingerprint density at radius 2 is 0.568 bits per heavy atom. The smallest absolute Gasteiger partial charge is 0.329 e. The van der Waals surface area contributed by atoms with Crippen LogP contribution in [-0.2, 0) is 0 Å². The molecule has 612 valence electrons. The maximum absolute atomic E-state index is 2.40. The fourth-order valence-corrected chi connectivity index (χ4v) is 22.0. The molecule has 0 N–H and O–H groups in total. The molecule has 0 atom stereocenters. The van der Waals surface area contributed by atoms with E-state index < -0.39 is 0 Å². The molecule has 30 rings (SSSR count). The summed E-state index contributed by atoms with van der Waals surface area (Å²) < 4.78 is 0. The maximum atomic E-state index is 2.40. The van der Waals surface area contributed by atoms with E-state index in [0.29, 0.717) is 20.5 Å². The predicted molar refractivity (Wildman–Crippen MR) is 574 cm³/mol. The van der Waals surface area contributed by atoms with Crippen molar-refractivity contribution in [1.82, 2.24) is 19.2 Å². The first kappa shape index (κ1) is 77.9. The summed E-state index contributed by atoms with van der Waals surface area (Å²) in [5.74, 6) is 9.15. The second kappa shape index (κ2) is 33.0. The van der Waals surface area contributed by atoms with E-state index in [2.05, 4.69) is 540 Å². The van der Waals surface area contributed by atoms with Crippen molar-refractivity contribution in [2.75, 3.05) is 9.62 Å². The van der Waals surface area contributed by atoms with Crippen LogP contribution in [0.5, 0.6) is 0 Å². The van der Waals surface area contributed by atoms with Gasteiger partial charge in [0.25, 0.3) is 0 Å². The zero-order valence-electron chi connectivity index (χ0n) is 72.6. The van der Waals surface area contributed by atoms with E-state index in [1.807, 2.05) is 0 Å². The number of nitrogens with zero attached hydrogens (tertiary/aromatic N) is 6. The molecule has 0 amide bonds. The number of hydrogen-bond acceptors (Lipinski definition) is 6. The minimum atomic E-state index is 0.271. The maximum Gasteiger partial charge on any atom is 0.329 e. The Balaban J connectivity index is 0.0000000851. The van der Waals surface area contributed by atoms with Gasteiger partial charge in [0.2, 0.25) is 0 Å². The van der Waals surface area contributed by atoms with Gasteiger partial charge in [0, 0.05) is 16.9 Å². The lowest BCUT2D eigenvalue weighted by atomic mass is 9.44. The van der Waals surface area contributed by atoms with E-state index in [4.69, 9.17) is 0 Å². The molecule has 0 fully saturated rings. The van der Waals surface area contributed by atoms with Gasteiger partial charge in [-0.1, -0.05) is 364 Å². The van der Waals surface area contributed by atoms with Crippen LogP contribution >= 0.6 is 0 Å². The Morgan fingerprint density at radius 1 is 0.174 bits per heavy atom. The second-order valence-electron chi connectivity index (χ2n) is 35.3. The van der Waals surface area contributed by atoms with Gasteiger partial charge in [0.1, 0.15) is 0 Å². The third-order valence-electron chi connectivity index (χ3n) is 28.2. The summed E-state index contributed by atoms with van der Waals surface area (Å²) in [6.45, 7) is 1.71. The highest BCUT2D eigenvalue weighted by molar-refractivity contribution is 6.91. The second-order valence-corrected chi connectivity index (χ2v) is 35.3. The fraction of sp³-hybridized carbons (Fsp3) is 0. The molecule has 18 aromatic carbocycles. The molecule has 12 heteroatoms. The molecule has 0 radical (unpaired) electrons. The largest absolute Gasteiger partial charge is 0.389 e. The van der Waals surface area contributed by atoms with Crippen molar-refractivity contribution in [3.05, 3.63) is 507 Å². The number of rotatable bonds is 0. The Labute approximate surface area is 772 Å². The van der Waals surface area contributed by atoms with E-state index in [1.54, 1.807) is 0 Å². The molecule has 0 saturated heterocycles. The van der Waals surface area contributed by atoms with Crippen LogP contribution in [0.3, 0.4) is 0 Å². The number of anilines is 2. The number of fused-ring (bicyclic) bond motifs is 42. The molecule has 12 aliphatic rings. The van der Waals surface area contributed by atoms with Crippen LogP contribution in [0.1, 0.15) is 44.5 Å². The normalized spacial score (nSPS) is 15.0. The molecule has 0 spiro atoms. The number of para-hydroxylation sites is 2. The Bertz CT molecular complexity index is 8230. The lowest BCUT2D eigenvalue weighted by Gasteiger charge is -2.39. The third kappa shape index (κ3) is 13.6. The van der Waals surface area contributed by atoms with Gasteiger partial charge in [-0.2, -0.15) is 0 Å². The van der Waals surface area contributed by atoms with Crippen molar-refractivity contribution in [2.24, 2.45) is 0 Å². The summed E-state index contributed by atoms with van der Waals surface area (Å²) in [4.78, 5) is 13.9. The van der Waals surface area contributed by atoms with Crippen LogP contribution in [0.4, 0.5) is 11.4 Å². The van der Waals surface area contributed by atoms with Crippen molar-refractivity contribution in [2.45, 2.75) is 0 Å². The molecule has 12 aliphatic heterocycles. The van der Waals surface area contributed by atoms with E-state index in [1.165, 1.54) is 197 Å². The van der Waals surface area contributed by atoms with Crippen molar-refractivity contribution >= 4 is 231 Å². The Hall–Kier alpha value is -16.4. The molecular weight excluding hydrogens is 1590 g/mol. The first-order valence-electron chi connectivity index (χ1n) is 46.0. The van der Waals surface area contributed by atoms with E-state index in [-0.39, 0.29) is 20.5 Å². The van der Waals surface area contributed by atoms with Gasteiger partial charge in [-0.05, 0) is 327 Å². The minimum Gasteiger partial charge on any atom is -0.389 e. The molecule has 0 aromatic heterocycles. The lowest BCUT2D eigenvalue weighted by molar-refractivity contribution is 0.798. The molecule has 18 aromatic rings. The van der Waals surface area contributed by atoms with Crippen LogP contribution in [0.2, 0.25) is 0 Å². The number of allylic oxidation sites excluding steroid dienone is 6. The van der Waals surface area contributed by atoms with E-state index >= 15 is 0 Å². The van der Waals surface area contributed by atoms with E-state index in [9.17, 15) is 0 Å². The molecule has 132 heavy (non-hydrogen) atoms. The monoisotopic (exact) mass is 1670 g/mol. The summed E-state index contributed by atoms with van der Waals surface area (Å²) in [6, 6.07) is 123. The quantitative estimate of drug-likeness (QED) is 0.0850. The van der Waals surface area contributed by atoms with Crippen molar-refractivity contribution in [3.8, 4) is 11.1 Å². The minimum absolute atomic E-state index is 0.271. The van der Waals surface area contributed by atoms with Gasteiger partial charge in [-0.15, -0.1) is 0 Å². The van der Waals surface area contributed by atoms with Crippen molar-refractivity contribution < 1.29 is 0 Å². The molecular formula is C120H84B6N6. The van der Waals surface area contributed by atoms with Crippen LogP contribution in [0, 0.1) is 0 Å². The van der Waals surface area contributed by atoms with Crippen LogP contribution in [0.15, 0.2) is 462 Å². The summed E-state index contributed by atoms with van der Waals surface area (Å²) in [5, 5.41) is 21.3. The molecule has 0 unspecified atom stereocenters. The van der Waals surface area contributed by atoms with Gasteiger partial charge in [0.15, 0.2) is 0 Å². The zero-order chi connectivity index (χ0) is 87.1. The fourth-order valence-electron chi connectivity index (χ4n) is 22.0. The van der Waals surface area contributed by atoms with Gasteiger partial charge >= 0.3 is 41.1 Å². The van der Waals surface area contributed by atoms with Crippen LogP contribution < -0.4 is 53.3 Å². The topological polar surface area (TPSA) is 19.4 Å². The highest BCUT2D eigenvalue weighted by Gasteiger charge is 2.40. The highest BCUT2D eigenvalue weighted by Crippen LogP contribution is 2.40. The molecule has 0 saturated carbocycles. The predicted octanol–water partition coefficient (Wildman–Crippen LogP) is 22.9. The average Bonchev–Trinajstić information content (AvgIpc) is 0.739. The van der Waals surface area contributed by atoms with Crippen molar-refractivity contribution in [1.29, 1.82) is 0 Å². The summed E-state index contributed by atoms with van der Waals surface area (Å²) in [6.07, 6.45) is 52.2. The average molecular weight is 1670 g/mol. The zero-order valence-corrected chi connectivity index (χ0v) is 72.6. The summed E-state index contributed by atoms with van der Waals surface area (Å²) in [7, 11) is 0. The molecule has 0 aliphatic carbocycles. The van der Waals surface area contributed by atoms with Gasteiger partial charge < -0.3 is 28.9 Å². The van der Waals surface area contributed by atoms with Gasteiger partial charge in [0.05, 0.1) is 0 Å². The Morgan fingerprint density at radius 3 is 1.22 bits per heavy atom. The van der Waals surface area contributed by atoms with Gasteiger partial charge in [-0.25, -0.2) is 0 Å². The van der Waals surface area contributed by atoms with Gasteiger partial charge in [-0.3, -0.25) is 0 Å². The molecule has 0 bridgehead atoms. The van der Waals surface area contributed by atoms with E-state index in [0.717, 1.165) is 0 Å². The molecule has 12 heterocycles. The standard InChI is InChI=1S/6C20H14BN/c1-4-10-18-15(7-1)13-14-22-20-12-6-3-9-17(20)16-8-2-5-11-19(16)21(18)22;1-3-7-18-15(5-1)9-10-17-12-14-22-13-11-16-6-2-4-8-19(16)21(22)20(17)18;1-3-7-18-15(5-1)9-10-17-12-14-22-19-8-4-2-6-16(19)11-13-21(22)20(17)18;1-2-6-17-15(5-1)7-10-19-18(17)9-8-16-11-14-22-13-4-3-12-21(22)20(16)19;1-2-6-18-15(5-1)7-8-16-9-10-17-11-14-22-13-4-3-12-21(22)20(17)19(16)18;1-2-6-17-14-19-18(13-16(17)5-1)8-7-15-9-12-22-11-4-3-10-21(22)20(15)19/h6*1-14H. The third-order valence-corrected chi connectivity index (χ3v) is 28.2. The Kier molecular flexibility index (Phi) is 19.5. The number of benzene rings is 18. The van der Waals surface area contributed by atoms with Crippen molar-refractivity contribution in [3.63, 3.8) is 0 Å². The highest BCUT2D eigenvalue weighted by atomic mass is 15.1. The molecule has 6 nitrogen and oxygen atoms in total. The first-order valence-corrected chi connectivity index (χ1v) is 46.0. The van der Waals surface area contributed by atoms with Crippen LogP contribution in [0.25, 0.3) is 146 Å². The summed E-state index contributed by atoms with van der Waals surface area (Å²) >= 11 is 0. The van der Waals surface area contributed by atoms with Crippen LogP contribution in [-0.4, -0.2) is 60.3 Å². The number of hydrogen-bond donors (Lipinski definition) is 0. The summed E-state index contributed by atoms with van der Waals surface area (Å²) in [5.41, 5.74) is 27.0. The lowest BCUT2D eigenvalue weighted by Crippen LogP contribution is -2.59. The SMILES string of the molecule is C1=CB2c3c(ccc4c3ccc3ccccc34)C=CN2C=C1.C1=CB2c3c(ccc4cc5ccccc5cc34)C=CN2C=C1.C1=CB2c3c(ccc4ccc5ccccc5c34)C=CN2C=C1.C1=CN2B(c3ccccc31)c1ccccc1-c1ccccc12.C1=CN2C=Cc3ccc4ccccc4c3B2c2ccccc21.C1=Cc2ccccc2N2C=Cc3ccc4ccccc4c3B12. The first-order chi connectivity index (χ1) is 65.5.